The molecular formula is C37H50N4O6S. The van der Waals surface area contributed by atoms with Gasteiger partial charge >= 0.3 is 0 Å². The minimum atomic E-state index is -1.48. The summed E-state index contributed by atoms with van der Waals surface area (Å²) < 4.78 is 5.24. The summed E-state index contributed by atoms with van der Waals surface area (Å²) in [6.45, 7) is 4.47. The third-order valence-electron chi connectivity index (χ3n) is 8.05. The summed E-state index contributed by atoms with van der Waals surface area (Å²) in [6, 6.07) is 18.4. The van der Waals surface area contributed by atoms with Crippen molar-refractivity contribution < 1.29 is 29.3 Å². The van der Waals surface area contributed by atoms with Crippen LogP contribution in [-0.2, 0) is 16.0 Å². The van der Waals surface area contributed by atoms with E-state index in [0.717, 1.165) is 31.2 Å². The van der Waals surface area contributed by atoms with Crippen LogP contribution in [-0.4, -0.2) is 88.0 Å². The predicted molar refractivity (Wildman–Crippen MR) is 190 cm³/mol. The maximum absolute atomic E-state index is 14.0. The second-order valence-electron chi connectivity index (χ2n) is 11.8. The van der Waals surface area contributed by atoms with Gasteiger partial charge < -0.3 is 30.9 Å². The van der Waals surface area contributed by atoms with E-state index in [4.69, 9.17) is 4.74 Å². The number of nitrogens with zero attached hydrogens (tertiary/aromatic N) is 1. The SMILES string of the molecule is CCCC(CCC)SC[C@@H](NC(=O)c1cccnc1)C(=O)N[C@@H](Cc1ccccc1)[C@@H](O)[C@H](O)[C@@H](CCOC)NC(=O)c1ccccc1. The van der Waals surface area contributed by atoms with Gasteiger partial charge in [0.15, 0.2) is 0 Å². The molecule has 3 rings (SSSR count). The predicted octanol–water partition coefficient (Wildman–Crippen LogP) is 4.17. The van der Waals surface area contributed by atoms with Gasteiger partial charge in [0.1, 0.15) is 18.2 Å². The number of hydrogen-bond donors (Lipinski definition) is 5. The first-order valence-electron chi connectivity index (χ1n) is 16.6. The third kappa shape index (κ3) is 12.7. The Morgan fingerprint density at radius 1 is 0.771 bits per heavy atom. The molecule has 3 aromatic rings. The van der Waals surface area contributed by atoms with Crippen molar-refractivity contribution in [3.8, 4) is 0 Å². The van der Waals surface area contributed by atoms with E-state index in [9.17, 15) is 24.6 Å². The minimum absolute atomic E-state index is 0.194. The molecule has 5 atom stereocenters. The smallest absolute Gasteiger partial charge is 0.253 e. The molecule has 0 bridgehead atoms. The lowest BCUT2D eigenvalue weighted by Crippen LogP contribution is -2.59. The van der Waals surface area contributed by atoms with Gasteiger partial charge in [-0.05, 0) is 55.5 Å². The lowest BCUT2D eigenvalue weighted by molar-refractivity contribution is -0.125. The highest BCUT2D eigenvalue weighted by atomic mass is 32.2. The van der Waals surface area contributed by atoms with E-state index >= 15 is 0 Å². The summed E-state index contributed by atoms with van der Waals surface area (Å²) in [7, 11) is 1.51. The van der Waals surface area contributed by atoms with Crippen molar-refractivity contribution in [1.82, 2.24) is 20.9 Å². The Hall–Kier alpha value is -3.77. The molecule has 0 aliphatic rings. The number of thioether (sulfide) groups is 1. The van der Waals surface area contributed by atoms with Crippen LogP contribution in [0.2, 0.25) is 0 Å². The maximum atomic E-state index is 14.0. The second-order valence-corrected chi connectivity index (χ2v) is 13.1. The van der Waals surface area contributed by atoms with Crippen LogP contribution >= 0.6 is 11.8 Å². The summed E-state index contributed by atoms with van der Waals surface area (Å²) in [5.74, 6) is -1.01. The van der Waals surface area contributed by atoms with Crippen molar-refractivity contribution in [3.05, 3.63) is 102 Å². The molecule has 0 fully saturated rings. The van der Waals surface area contributed by atoms with Crippen molar-refractivity contribution in [2.45, 2.75) is 88.0 Å². The van der Waals surface area contributed by atoms with E-state index in [2.05, 4.69) is 34.8 Å². The van der Waals surface area contributed by atoms with Crippen LogP contribution in [0.4, 0.5) is 0 Å². The molecule has 0 saturated carbocycles. The van der Waals surface area contributed by atoms with Gasteiger partial charge in [-0.1, -0.05) is 75.2 Å². The monoisotopic (exact) mass is 678 g/mol. The molecular weight excluding hydrogens is 628 g/mol. The molecule has 2 aromatic carbocycles. The summed E-state index contributed by atoms with van der Waals surface area (Å²) in [4.78, 5) is 44.3. The molecule has 0 unspecified atom stereocenters. The van der Waals surface area contributed by atoms with Crippen LogP contribution < -0.4 is 16.0 Å². The first kappa shape index (κ1) is 38.7. The standard InChI is InChI=1S/C37H50N4O6S/c1-4-13-29(14-5-2)48-25-32(41-36(45)28-19-12-21-38-24-28)37(46)40-31(23-26-15-8-6-9-16-26)34(43)33(42)30(20-22-47-3)39-35(44)27-17-10-7-11-18-27/h6-12,15-19,21,24,29-34,42-43H,4-5,13-14,20,22-23,25H2,1-3H3,(H,39,44)(H,40,46)(H,41,45)/t30-,31+,32-,33-,34-/m1/s1. The van der Waals surface area contributed by atoms with E-state index in [1.807, 2.05) is 30.3 Å². The molecule has 0 saturated heterocycles. The fourth-order valence-corrected chi connectivity index (χ4v) is 6.91. The largest absolute Gasteiger partial charge is 0.388 e. The zero-order chi connectivity index (χ0) is 34.7. The summed E-state index contributed by atoms with van der Waals surface area (Å²) in [6.07, 6.45) is 4.47. The number of hydrogen-bond acceptors (Lipinski definition) is 8. The quantitative estimate of drug-likeness (QED) is 0.113. The molecule has 1 aromatic heterocycles. The normalized spacial score (nSPS) is 14.4. The van der Waals surface area contributed by atoms with Crippen molar-refractivity contribution in [3.63, 3.8) is 0 Å². The van der Waals surface area contributed by atoms with Gasteiger partial charge in [0.2, 0.25) is 5.91 Å². The van der Waals surface area contributed by atoms with Gasteiger partial charge in [-0.15, -0.1) is 0 Å². The van der Waals surface area contributed by atoms with Crippen LogP contribution in [0.3, 0.4) is 0 Å². The average molecular weight is 679 g/mol. The van der Waals surface area contributed by atoms with Crippen molar-refractivity contribution in [2.24, 2.45) is 0 Å². The van der Waals surface area contributed by atoms with Gasteiger partial charge in [0.25, 0.3) is 11.8 Å². The molecule has 11 heteroatoms. The van der Waals surface area contributed by atoms with Gasteiger partial charge in [0.05, 0.1) is 17.6 Å². The summed E-state index contributed by atoms with van der Waals surface area (Å²) in [5, 5.41) is 32.2. The lowest BCUT2D eigenvalue weighted by Gasteiger charge is -2.34. The number of carbonyl (C=O) groups is 3. The van der Waals surface area contributed by atoms with Crippen molar-refractivity contribution in [2.75, 3.05) is 19.5 Å². The van der Waals surface area contributed by atoms with Crippen molar-refractivity contribution >= 4 is 29.5 Å². The zero-order valence-electron chi connectivity index (χ0n) is 28.1. The van der Waals surface area contributed by atoms with Gasteiger partial charge in [-0.3, -0.25) is 19.4 Å². The molecule has 0 aliphatic carbocycles. The highest BCUT2D eigenvalue weighted by Crippen LogP contribution is 2.23. The van der Waals surface area contributed by atoms with Crippen LogP contribution in [0, 0.1) is 0 Å². The Balaban J connectivity index is 1.87. The molecule has 48 heavy (non-hydrogen) atoms. The van der Waals surface area contributed by atoms with E-state index in [-0.39, 0.29) is 19.4 Å². The lowest BCUT2D eigenvalue weighted by atomic mass is 9.92. The highest BCUT2D eigenvalue weighted by molar-refractivity contribution is 8.00. The fourth-order valence-electron chi connectivity index (χ4n) is 5.41. The number of aromatic nitrogens is 1. The number of methoxy groups -OCH3 is 1. The molecule has 260 valence electrons. The van der Waals surface area contributed by atoms with Crippen LogP contribution in [0.5, 0.6) is 0 Å². The molecule has 0 spiro atoms. The second kappa shape index (κ2) is 21.3. The average Bonchev–Trinajstić information content (AvgIpc) is 3.11. The van der Waals surface area contributed by atoms with Crippen LogP contribution in [0.15, 0.2) is 85.2 Å². The molecule has 0 aliphatic heterocycles. The third-order valence-corrected chi connectivity index (χ3v) is 9.52. The minimum Gasteiger partial charge on any atom is -0.388 e. The number of ether oxygens (including phenoxy) is 1. The maximum Gasteiger partial charge on any atom is 0.253 e. The highest BCUT2D eigenvalue weighted by Gasteiger charge is 2.36. The Morgan fingerprint density at radius 2 is 1.38 bits per heavy atom. The Kier molecular flexibility index (Phi) is 17.1. The van der Waals surface area contributed by atoms with Crippen LogP contribution in [0.25, 0.3) is 0 Å². The van der Waals surface area contributed by atoms with E-state index in [1.165, 1.54) is 13.3 Å². The van der Waals surface area contributed by atoms with Gasteiger partial charge in [-0.25, -0.2) is 0 Å². The Bertz CT molecular complexity index is 1360. The Labute approximate surface area is 288 Å². The van der Waals surface area contributed by atoms with Crippen LogP contribution in [0.1, 0.15) is 72.2 Å². The van der Waals surface area contributed by atoms with E-state index in [1.54, 1.807) is 60.4 Å². The number of aliphatic hydroxyl groups is 2. The van der Waals surface area contributed by atoms with Crippen molar-refractivity contribution in [1.29, 1.82) is 0 Å². The Morgan fingerprint density at radius 3 is 1.98 bits per heavy atom. The molecule has 0 radical (unpaired) electrons. The number of carbonyl (C=O) groups excluding carboxylic acids is 3. The number of rotatable bonds is 21. The topological polar surface area (TPSA) is 150 Å². The summed E-state index contributed by atoms with van der Waals surface area (Å²) in [5.41, 5.74) is 1.56. The summed E-state index contributed by atoms with van der Waals surface area (Å²) >= 11 is 1.64. The molecule has 10 nitrogen and oxygen atoms in total. The zero-order valence-corrected chi connectivity index (χ0v) is 28.9. The number of amides is 3. The number of aliphatic hydroxyl groups excluding tert-OH is 2. The number of nitrogens with one attached hydrogen (secondary N) is 3. The van der Waals surface area contributed by atoms with Gasteiger partial charge in [0, 0.05) is 42.7 Å². The molecule has 1 heterocycles. The number of pyridine rings is 1. The first-order valence-corrected chi connectivity index (χ1v) is 17.7. The van der Waals surface area contributed by atoms with E-state index in [0.29, 0.717) is 22.1 Å². The van der Waals surface area contributed by atoms with Gasteiger partial charge in [-0.2, -0.15) is 11.8 Å². The number of benzene rings is 2. The van der Waals surface area contributed by atoms with E-state index < -0.39 is 48.1 Å². The first-order chi connectivity index (χ1) is 23.3. The molecule has 5 N–H and O–H groups in total. The fraction of sp³-hybridized carbons (Fsp3) is 0.459. The molecule has 3 amide bonds.